The van der Waals surface area contributed by atoms with Gasteiger partial charge in [-0.2, -0.15) is 0 Å². The van der Waals surface area contributed by atoms with Gasteiger partial charge in [0.25, 0.3) is 0 Å². The van der Waals surface area contributed by atoms with Gasteiger partial charge in [-0.25, -0.2) is 0 Å². The van der Waals surface area contributed by atoms with E-state index in [4.69, 9.17) is 0 Å². The average Bonchev–Trinajstić information content (AvgIpc) is 3.07. The number of para-hydroxylation sites is 1. The zero-order chi connectivity index (χ0) is 19.4. The van der Waals surface area contributed by atoms with Crippen molar-refractivity contribution in [3.63, 3.8) is 0 Å². The Balaban J connectivity index is 1.63. The maximum Gasteiger partial charge on any atom is 0.228 e. The lowest BCUT2D eigenvalue weighted by Gasteiger charge is -2.33. The molecule has 0 radical (unpaired) electrons. The molecular formula is C20H26BrN3O3. The number of piperidine rings is 1. The van der Waals surface area contributed by atoms with E-state index in [0.29, 0.717) is 26.2 Å². The fourth-order valence-corrected chi connectivity index (χ4v) is 4.32. The first-order valence-corrected chi connectivity index (χ1v) is 10.4. The Labute approximate surface area is 168 Å². The van der Waals surface area contributed by atoms with Crippen molar-refractivity contribution in [1.29, 1.82) is 0 Å². The Morgan fingerprint density at radius 3 is 2.74 bits per heavy atom. The van der Waals surface area contributed by atoms with Crippen LogP contribution in [0.3, 0.4) is 0 Å². The summed E-state index contributed by atoms with van der Waals surface area (Å²) in [5.41, 5.74) is 0.799. The summed E-state index contributed by atoms with van der Waals surface area (Å²) in [6.45, 7) is 4.19. The maximum absolute atomic E-state index is 13.0. The van der Waals surface area contributed by atoms with Crippen LogP contribution < -0.4 is 10.2 Å². The van der Waals surface area contributed by atoms with Crippen molar-refractivity contribution in [2.24, 2.45) is 11.8 Å². The summed E-state index contributed by atoms with van der Waals surface area (Å²) in [5, 5.41) is 2.93. The van der Waals surface area contributed by atoms with E-state index in [1.54, 1.807) is 9.80 Å². The fourth-order valence-electron chi connectivity index (χ4n) is 3.82. The molecule has 2 fully saturated rings. The van der Waals surface area contributed by atoms with E-state index in [0.717, 1.165) is 29.4 Å². The smallest absolute Gasteiger partial charge is 0.228 e. The molecule has 0 bridgehead atoms. The number of hydrogen-bond donors (Lipinski definition) is 1. The third-order valence-corrected chi connectivity index (χ3v) is 5.94. The summed E-state index contributed by atoms with van der Waals surface area (Å²) in [5.74, 6) is -0.500. The van der Waals surface area contributed by atoms with Gasteiger partial charge in [0, 0.05) is 37.1 Å². The van der Waals surface area contributed by atoms with Crippen molar-refractivity contribution < 1.29 is 14.4 Å². The molecule has 7 heteroatoms. The highest BCUT2D eigenvalue weighted by Gasteiger charge is 2.39. The van der Waals surface area contributed by atoms with Gasteiger partial charge in [0.1, 0.15) is 0 Å². The van der Waals surface area contributed by atoms with E-state index in [1.807, 2.05) is 31.2 Å². The van der Waals surface area contributed by atoms with Crippen molar-refractivity contribution >= 4 is 39.3 Å². The number of nitrogens with one attached hydrogen (secondary N) is 1. The van der Waals surface area contributed by atoms with Gasteiger partial charge in [0.15, 0.2) is 0 Å². The van der Waals surface area contributed by atoms with Crippen LogP contribution in [0.4, 0.5) is 5.69 Å². The second-order valence-corrected chi connectivity index (χ2v) is 8.13. The lowest BCUT2D eigenvalue weighted by molar-refractivity contribution is -0.139. The minimum atomic E-state index is -0.345. The molecule has 6 nitrogen and oxygen atoms in total. The van der Waals surface area contributed by atoms with Gasteiger partial charge >= 0.3 is 0 Å². The Bertz CT molecular complexity index is 724. The van der Waals surface area contributed by atoms with Crippen molar-refractivity contribution in [3.8, 4) is 0 Å². The number of carbonyl (C=O) groups is 3. The number of halogens is 1. The van der Waals surface area contributed by atoms with Crippen molar-refractivity contribution in [2.75, 3.05) is 31.1 Å². The first kappa shape index (κ1) is 19.9. The van der Waals surface area contributed by atoms with Crippen LogP contribution in [0, 0.1) is 11.8 Å². The molecule has 3 amide bonds. The van der Waals surface area contributed by atoms with Gasteiger partial charge in [0.2, 0.25) is 17.7 Å². The second-order valence-electron chi connectivity index (χ2n) is 7.27. The monoisotopic (exact) mass is 435 g/mol. The summed E-state index contributed by atoms with van der Waals surface area (Å²) in [4.78, 5) is 41.2. The van der Waals surface area contributed by atoms with Crippen LogP contribution in [-0.2, 0) is 14.4 Å². The summed E-state index contributed by atoms with van der Waals surface area (Å²) < 4.78 is 0.845. The molecule has 146 valence electrons. The SMILES string of the molecule is CCCNC(=O)C1CCCN(C(=O)C2CC(=O)N(c3ccccc3Br)C2)C1. The van der Waals surface area contributed by atoms with Gasteiger partial charge in [-0.1, -0.05) is 19.1 Å². The van der Waals surface area contributed by atoms with Crippen LogP contribution in [0.5, 0.6) is 0 Å². The molecule has 0 aliphatic carbocycles. The first-order chi connectivity index (χ1) is 13.0. The van der Waals surface area contributed by atoms with Crippen LogP contribution in [-0.4, -0.2) is 48.8 Å². The molecular weight excluding hydrogens is 410 g/mol. The molecule has 2 saturated heterocycles. The lowest BCUT2D eigenvalue weighted by atomic mass is 9.95. The zero-order valence-electron chi connectivity index (χ0n) is 15.6. The number of hydrogen-bond acceptors (Lipinski definition) is 3. The number of amides is 3. The largest absolute Gasteiger partial charge is 0.356 e. The quantitative estimate of drug-likeness (QED) is 0.772. The summed E-state index contributed by atoms with van der Waals surface area (Å²) in [6, 6.07) is 7.55. The highest BCUT2D eigenvalue weighted by atomic mass is 79.9. The average molecular weight is 436 g/mol. The minimum absolute atomic E-state index is 0.00843. The van der Waals surface area contributed by atoms with Crippen molar-refractivity contribution in [3.05, 3.63) is 28.7 Å². The molecule has 27 heavy (non-hydrogen) atoms. The maximum atomic E-state index is 13.0. The lowest BCUT2D eigenvalue weighted by Crippen LogP contribution is -2.47. The predicted octanol–water partition coefficient (Wildman–Crippen LogP) is 2.57. The van der Waals surface area contributed by atoms with Gasteiger partial charge in [0.05, 0.1) is 17.5 Å². The Morgan fingerprint density at radius 1 is 1.22 bits per heavy atom. The topological polar surface area (TPSA) is 69.7 Å². The molecule has 2 atom stereocenters. The van der Waals surface area contributed by atoms with Crippen LogP contribution in [0.1, 0.15) is 32.6 Å². The Morgan fingerprint density at radius 2 is 2.00 bits per heavy atom. The molecule has 1 N–H and O–H groups in total. The molecule has 2 aliphatic rings. The van der Waals surface area contributed by atoms with E-state index in [2.05, 4.69) is 21.2 Å². The third-order valence-electron chi connectivity index (χ3n) is 5.27. The Kier molecular flexibility index (Phi) is 6.52. The zero-order valence-corrected chi connectivity index (χ0v) is 17.2. The molecule has 2 aliphatic heterocycles. The van der Waals surface area contributed by atoms with Gasteiger partial charge in [-0.05, 0) is 47.3 Å². The molecule has 2 heterocycles. The molecule has 0 aromatic heterocycles. The summed E-state index contributed by atoms with van der Waals surface area (Å²) >= 11 is 3.48. The molecule has 1 aromatic carbocycles. The van der Waals surface area contributed by atoms with Crippen molar-refractivity contribution in [1.82, 2.24) is 10.2 Å². The standard InChI is InChI=1S/C20H26BrN3O3/c1-2-9-22-19(26)14-6-5-10-23(12-14)20(27)15-11-18(25)24(13-15)17-8-4-3-7-16(17)21/h3-4,7-8,14-15H,2,5-6,9-13H2,1H3,(H,22,26). The number of carbonyl (C=O) groups excluding carboxylic acids is 3. The fraction of sp³-hybridized carbons (Fsp3) is 0.550. The number of likely N-dealkylation sites (tertiary alicyclic amines) is 1. The van der Waals surface area contributed by atoms with E-state index in [9.17, 15) is 14.4 Å². The molecule has 2 unspecified atom stereocenters. The predicted molar refractivity (Wildman–Crippen MR) is 107 cm³/mol. The molecule has 0 saturated carbocycles. The van der Waals surface area contributed by atoms with Gasteiger partial charge in [-0.15, -0.1) is 0 Å². The van der Waals surface area contributed by atoms with E-state index in [-0.39, 0.29) is 36.0 Å². The van der Waals surface area contributed by atoms with Crippen LogP contribution in [0.25, 0.3) is 0 Å². The molecule has 1 aromatic rings. The molecule has 3 rings (SSSR count). The van der Waals surface area contributed by atoms with Crippen molar-refractivity contribution in [2.45, 2.75) is 32.6 Å². The first-order valence-electron chi connectivity index (χ1n) is 9.62. The van der Waals surface area contributed by atoms with E-state index in [1.165, 1.54) is 0 Å². The van der Waals surface area contributed by atoms with Gasteiger partial charge in [-0.3, -0.25) is 14.4 Å². The third kappa shape index (κ3) is 4.51. The van der Waals surface area contributed by atoms with Crippen LogP contribution >= 0.6 is 15.9 Å². The number of nitrogens with zero attached hydrogens (tertiary/aromatic N) is 2. The summed E-state index contributed by atoms with van der Waals surface area (Å²) in [6.07, 6.45) is 2.76. The molecule has 0 spiro atoms. The highest BCUT2D eigenvalue weighted by molar-refractivity contribution is 9.10. The van der Waals surface area contributed by atoms with E-state index < -0.39 is 0 Å². The van der Waals surface area contributed by atoms with Crippen LogP contribution in [0.15, 0.2) is 28.7 Å². The summed E-state index contributed by atoms with van der Waals surface area (Å²) in [7, 11) is 0. The highest BCUT2D eigenvalue weighted by Crippen LogP contribution is 2.32. The normalized spacial score (nSPS) is 22.8. The number of rotatable bonds is 5. The number of benzene rings is 1. The van der Waals surface area contributed by atoms with Crippen LogP contribution in [0.2, 0.25) is 0 Å². The Hall–Kier alpha value is -1.89. The van der Waals surface area contributed by atoms with E-state index >= 15 is 0 Å². The number of anilines is 1. The van der Waals surface area contributed by atoms with Gasteiger partial charge < -0.3 is 15.1 Å². The second kappa shape index (κ2) is 8.87. The minimum Gasteiger partial charge on any atom is -0.356 e.